The van der Waals surface area contributed by atoms with Crippen LogP contribution < -0.4 is 9.47 Å². The third-order valence-electron chi connectivity index (χ3n) is 4.69. The number of fused-ring (bicyclic) bond motifs is 1. The highest BCUT2D eigenvalue weighted by Gasteiger charge is 2.30. The first-order valence-corrected chi connectivity index (χ1v) is 9.73. The van der Waals surface area contributed by atoms with Gasteiger partial charge in [0, 0.05) is 16.5 Å². The molecule has 0 fully saturated rings. The molecule has 1 aliphatic rings. The van der Waals surface area contributed by atoms with Crippen LogP contribution >= 0.6 is 11.3 Å². The van der Waals surface area contributed by atoms with Gasteiger partial charge in [0.15, 0.2) is 5.76 Å². The number of aryl methyl sites for hydroxylation is 2. The minimum atomic E-state index is -0.447. The summed E-state index contributed by atoms with van der Waals surface area (Å²) < 4.78 is 11.4. The minimum absolute atomic E-state index is 0.165. The summed E-state index contributed by atoms with van der Waals surface area (Å²) >= 11 is 1.55. The van der Waals surface area contributed by atoms with Gasteiger partial charge in [-0.1, -0.05) is 17.7 Å². The molecule has 0 bridgehead atoms. The lowest BCUT2D eigenvalue weighted by Crippen LogP contribution is -2.09. The van der Waals surface area contributed by atoms with Crippen molar-refractivity contribution in [2.24, 2.45) is 0 Å². The number of rotatable bonds is 3. The van der Waals surface area contributed by atoms with Crippen molar-refractivity contribution in [3.05, 3.63) is 86.3 Å². The van der Waals surface area contributed by atoms with Crippen LogP contribution in [-0.4, -0.2) is 11.8 Å². The molecular weight excluding hydrogens is 372 g/mol. The van der Waals surface area contributed by atoms with Crippen LogP contribution in [0.15, 0.2) is 53.6 Å². The van der Waals surface area contributed by atoms with E-state index in [1.165, 1.54) is 0 Å². The lowest BCUT2D eigenvalue weighted by molar-refractivity contribution is 0.0733. The Labute approximate surface area is 167 Å². The fourth-order valence-corrected chi connectivity index (χ4v) is 3.83. The van der Waals surface area contributed by atoms with E-state index in [9.17, 15) is 9.59 Å². The van der Waals surface area contributed by atoms with Crippen LogP contribution in [0.3, 0.4) is 0 Å². The fraction of sp³-hybridized carbons (Fsp3) is 0.130. The summed E-state index contributed by atoms with van der Waals surface area (Å²) in [5.74, 6) is 0.496. The predicted octanol–water partition coefficient (Wildman–Crippen LogP) is 5.51. The summed E-state index contributed by atoms with van der Waals surface area (Å²) in [6, 6.07) is 12.5. The zero-order chi connectivity index (χ0) is 19.8. The molecule has 4 nitrogen and oxygen atoms in total. The highest BCUT2D eigenvalue weighted by molar-refractivity contribution is 7.11. The molecule has 0 unspecified atom stereocenters. The third kappa shape index (κ3) is 3.25. The Morgan fingerprint density at radius 3 is 2.46 bits per heavy atom. The van der Waals surface area contributed by atoms with Gasteiger partial charge in [-0.25, -0.2) is 4.79 Å². The zero-order valence-electron chi connectivity index (χ0n) is 15.7. The molecule has 1 aliphatic heterocycles. The van der Waals surface area contributed by atoms with Crippen LogP contribution in [-0.2, 0) is 0 Å². The van der Waals surface area contributed by atoms with E-state index in [0.717, 1.165) is 16.0 Å². The van der Waals surface area contributed by atoms with Gasteiger partial charge < -0.3 is 9.47 Å². The van der Waals surface area contributed by atoms with Crippen molar-refractivity contribution < 1.29 is 19.1 Å². The number of carbonyl (C=O) groups excluding carboxylic acids is 2. The van der Waals surface area contributed by atoms with Gasteiger partial charge >= 0.3 is 5.97 Å². The van der Waals surface area contributed by atoms with Crippen LogP contribution in [0, 0.1) is 20.8 Å². The van der Waals surface area contributed by atoms with Gasteiger partial charge in [0.1, 0.15) is 11.5 Å². The maximum Gasteiger partial charge on any atom is 0.343 e. The Morgan fingerprint density at radius 1 is 1.04 bits per heavy atom. The Bertz CT molecular complexity index is 1120. The molecule has 0 spiro atoms. The second-order valence-electron chi connectivity index (χ2n) is 6.73. The predicted molar refractivity (Wildman–Crippen MR) is 109 cm³/mol. The van der Waals surface area contributed by atoms with Gasteiger partial charge in [0.25, 0.3) is 0 Å². The van der Waals surface area contributed by atoms with Crippen LogP contribution in [0.2, 0.25) is 0 Å². The molecule has 3 aromatic rings. The van der Waals surface area contributed by atoms with E-state index in [2.05, 4.69) is 0 Å². The highest BCUT2D eigenvalue weighted by atomic mass is 32.1. The van der Waals surface area contributed by atoms with Crippen LogP contribution in [0.5, 0.6) is 11.5 Å². The lowest BCUT2D eigenvalue weighted by atomic mass is 10.1. The number of carbonyl (C=O) groups is 2. The van der Waals surface area contributed by atoms with E-state index in [-0.39, 0.29) is 11.5 Å². The fourth-order valence-electron chi connectivity index (χ4n) is 2.98. The number of ketones is 1. The molecule has 28 heavy (non-hydrogen) atoms. The van der Waals surface area contributed by atoms with Crippen molar-refractivity contribution in [3.63, 3.8) is 0 Å². The first kappa shape index (κ1) is 18.2. The Morgan fingerprint density at radius 2 is 1.79 bits per heavy atom. The molecule has 2 aromatic carbocycles. The number of thiophene rings is 1. The SMILES string of the molecule is Cc1ccc(C(=O)Oc2ccc3c(c2C)O/C(=C\c2sccc2C)C3=O)cc1. The van der Waals surface area contributed by atoms with E-state index >= 15 is 0 Å². The summed E-state index contributed by atoms with van der Waals surface area (Å²) in [4.78, 5) is 26.1. The van der Waals surface area contributed by atoms with Crippen molar-refractivity contribution in [2.75, 3.05) is 0 Å². The number of Topliss-reactive ketones (excluding diaryl/α,β-unsaturated/α-hetero) is 1. The number of hydrogen-bond acceptors (Lipinski definition) is 5. The van der Waals surface area contributed by atoms with E-state index in [4.69, 9.17) is 9.47 Å². The number of ether oxygens (including phenoxy) is 2. The number of esters is 1. The van der Waals surface area contributed by atoms with Crippen LogP contribution in [0.25, 0.3) is 6.08 Å². The average molecular weight is 390 g/mol. The summed E-state index contributed by atoms with van der Waals surface area (Å²) in [5, 5.41) is 1.97. The molecule has 0 saturated carbocycles. The number of allylic oxidation sites excluding steroid dienone is 1. The van der Waals surface area contributed by atoms with Crippen LogP contribution in [0.4, 0.5) is 0 Å². The third-order valence-corrected chi connectivity index (χ3v) is 5.66. The smallest absolute Gasteiger partial charge is 0.343 e. The molecule has 5 heteroatoms. The molecule has 2 heterocycles. The van der Waals surface area contributed by atoms with E-state index < -0.39 is 5.97 Å². The first-order chi connectivity index (χ1) is 13.4. The monoisotopic (exact) mass is 390 g/mol. The molecule has 0 saturated heterocycles. The molecule has 0 N–H and O–H groups in total. The molecule has 1 aromatic heterocycles. The molecule has 0 amide bonds. The molecule has 140 valence electrons. The second-order valence-corrected chi connectivity index (χ2v) is 7.68. The van der Waals surface area contributed by atoms with Crippen molar-refractivity contribution in [3.8, 4) is 11.5 Å². The highest BCUT2D eigenvalue weighted by Crippen LogP contribution is 2.39. The molecule has 4 rings (SSSR count). The van der Waals surface area contributed by atoms with Crippen molar-refractivity contribution in [1.82, 2.24) is 0 Å². The standard InChI is InChI=1S/C23H18O4S/c1-13-4-6-16(7-5-13)23(25)27-18-9-8-17-21(24)19(26-22(17)15(18)3)12-20-14(2)10-11-28-20/h4-12H,1-3H3/b19-12-. The summed E-state index contributed by atoms with van der Waals surface area (Å²) in [5.41, 5.74) is 3.73. The van der Waals surface area contributed by atoms with Crippen molar-refractivity contribution >= 4 is 29.2 Å². The minimum Gasteiger partial charge on any atom is -0.452 e. The van der Waals surface area contributed by atoms with Gasteiger partial charge in [-0.15, -0.1) is 11.3 Å². The molecular formula is C23H18O4S. The topological polar surface area (TPSA) is 52.6 Å². The maximum atomic E-state index is 12.7. The average Bonchev–Trinajstić information content (AvgIpc) is 3.22. The van der Waals surface area contributed by atoms with Gasteiger partial charge in [0.2, 0.25) is 5.78 Å². The quantitative estimate of drug-likeness (QED) is 0.336. The van der Waals surface area contributed by atoms with Gasteiger partial charge in [-0.05, 0) is 62.0 Å². The van der Waals surface area contributed by atoms with Gasteiger partial charge in [-0.3, -0.25) is 4.79 Å². The summed E-state index contributed by atoms with van der Waals surface area (Å²) in [7, 11) is 0. The Hall–Kier alpha value is -3.18. The molecule has 0 radical (unpaired) electrons. The molecule has 0 aliphatic carbocycles. The Balaban J connectivity index is 1.62. The maximum absolute atomic E-state index is 12.7. The van der Waals surface area contributed by atoms with Crippen molar-refractivity contribution in [2.45, 2.75) is 20.8 Å². The van der Waals surface area contributed by atoms with Gasteiger partial charge in [0.05, 0.1) is 11.1 Å². The normalized spacial score (nSPS) is 14.1. The first-order valence-electron chi connectivity index (χ1n) is 8.85. The second kappa shape index (κ2) is 7.09. The Kier molecular flexibility index (Phi) is 4.61. The number of benzene rings is 2. The zero-order valence-corrected chi connectivity index (χ0v) is 16.6. The van der Waals surface area contributed by atoms with Crippen LogP contribution in [0.1, 0.15) is 42.3 Å². The molecule has 0 atom stereocenters. The van der Waals surface area contributed by atoms with Gasteiger partial charge in [-0.2, -0.15) is 0 Å². The van der Waals surface area contributed by atoms with E-state index in [1.54, 1.807) is 48.6 Å². The summed E-state index contributed by atoms with van der Waals surface area (Å²) in [6.07, 6.45) is 1.76. The lowest BCUT2D eigenvalue weighted by Gasteiger charge is -2.10. The van der Waals surface area contributed by atoms with E-state index in [1.807, 2.05) is 37.4 Å². The largest absolute Gasteiger partial charge is 0.452 e. The number of hydrogen-bond donors (Lipinski definition) is 0. The summed E-state index contributed by atoms with van der Waals surface area (Å²) in [6.45, 7) is 5.73. The van der Waals surface area contributed by atoms with Crippen molar-refractivity contribution in [1.29, 1.82) is 0 Å². The van der Waals surface area contributed by atoms with E-state index in [0.29, 0.717) is 28.2 Å².